The lowest BCUT2D eigenvalue weighted by Gasteiger charge is -2.06. The summed E-state index contributed by atoms with van der Waals surface area (Å²) in [5.41, 5.74) is 2.19. The molecule has 124 valence electrons. The first-order valence-corrected chi connectivity index (χ1v) is 8.81. The van der Waals surface area contributed by atoms with Gasteiger partial charge < -0.3 is 4.74 Å². The molecule has 3 rings (SSSR count). The number of pyridine rings is 1. The van der Waals surface area contributed by atoms with Crippen LogP contribution in [-0.4, -0.2) is 22.7 Å². The van der Waals surface area contributed by atoms with E-state index in [-0.39, 0.29) is 0 Å². The highest BCUT2D eigenvalue weighted by atomic mass is 35.5. The Balaban J connectivity index is 1.70. The van der Waals surface area contributed by atoms with Gasteiger partial charge in [0.2, 0.25) is 0 Å². The summed E-state index contributed by atoms with van der Waals surface area (Å²) in [4.78, 5) is 20.5. The van der Waals surface area contributed by atoms with Gasteiger partial charge in [-0.25, -0.2) is 9.78 Å². The van der Waals surface area contributed by atoms with Gasteiger partial charge in [0.15, 0.2) is 0 Å². The molecule has 7 heteroatoms. The first kappa shape index (κ1) is 16.7. The van der Waals surface area contributed by atoms with E-state index < -0.39 is 6.09 Å². The molecule has 1 N–H and O–H groups in total. The zero-order valence-corrected chi connectivity index (χ0v) is 14.7. The van der Waals surface area contributed by atoms with Gasteiger partial charge in [-0.15, -0.1) is 11.3 Å². The summed E-state index contributed by atoms with van der Waals surface area (Å²) in [5.74, 6) is 0. The molecule has 0 aliphatic carbocycles. The summed E-state index contributed by atoms with van der Waals surface area (Å²) >= 11 is 7.53. The van der Waals surface area contributed by atoms with Gasteiger partial charge >= 0.3 is 6.09 Å². The smallest absolute Gasteiger partial charge is 0.411 e. The Kier molecular flexibility index (Phi) is 5.27. The van der Waals surface area contributed by atoms with Crippen molar-refractivity contribution in [3.05, 3.63) is 41.6 Å². The molecule has 0 unspecified atom stereocenters. The van der Waals surface area contributed by atoms with Crippen molar-refractivity contribution in [1.29, 1.82) is 0 Å². The van der Waals surface area contributed by atoms with Crippen molar-refractivity contribution in [2.45, 2.75) is 19.8 Å². The van der Waals surface area contributed by atoms with Crippen molar-refractivity contribution in [3.63, 3.8) is 0 Å². The minimum atomic E-state index is -0.465. The van der Waals surface area contributed by atoms with Gasteiger partial charge in [-0.2, -0.15) is 0 Å². The molecule has 0 atom stereocenters. The van der Waals surface area contributed by atoms with Crippen molar-refractivity contribution >= 4 is 44.9 Å². The monoisotopic (exact) mass is 361 g/mol. The molecule has 1 amide bonds. The number of amides is 1. The van der Waals surface area contributed by atoms with Crippen LogP contribution in [0.15, 0.2) is 36.5 Å². The first-order chi connectivity index (χ1) is 11.7. The van der Waals surface area contributed by atoms with Crippen LogP contribution in [0.4, 0.5) is 10.5 Å². The van der Waals surface area contributed by atoms with Crippen LogP contribution in [0.3, 0.4) is 0 Å². The molecule has 3 aromatic rings. The number of nitrogens with one attached hydrogen (secondary N) is 1. The van der Waals surface area contributed by atoms with Gasteiger partial charge in [-0.05, 0) is 36.8 Å². The third-order valence-corrected chi connectivity index (χ3v) is 4.60. The zero-order chi connectivity index (χ0) is 16.9. The number of hydrogen-bond acceptors (Lipinski definition) is 5. The van der Waals surface area contributed by atoms with Crippen molar-refractivity contribution in [2.24, 2.45) is 0 Å². The van der Waals surface area contributed by atoms with E-state index in [1.165, 1.54) is 0 Å². The first-order valence-electron chi connectivity index (χ1n) is 7.62. The second-order valence-corrected chi connectivity index (χ2v) is 6.64. The summed E-state index contributed by atoms with van der Waals surface area (Å²) in [6.45, 7) is 2.46. The molecule has 0 saturated carbocycles. The fraction of sp³-hybridized carbons (Fsp3) is 0.235. The molecule has 0 fully saturated rings. The topological polar surface area (TPSA) is 64.1 Å². The summed E-state index contributed by atoms with van der Waals surface area (Å²) in [7, 11) is 0. The average molecular weight is 362 g/mol. The number of rotatable bonds is 5. The molecule has 0 saturated heterocycles. The third kappa shape index (κ3) is 4.01. The standard InChI is InChI=1S/C17H16ClN3O2S/c1-2-3-8-23-17(22)20-12-5-6-13(19-10-12)16-21-14-9-11(18)4-7-15(14)24-16/h4-7,9-10H,2-3,8H2,1H3,(H,20,22). The number of fused-ring (bicyclic) bond motifs is 1. The van der Waals surface area contributed by atoms with Crippen LogP contribution in [0.1, 0.15) is 19.8 Å². The zero-order valence-electron chi connectivity index (χ0n) is 13.1. The maximum atomic E-state index is 11.6. The van der Waals surface area contributed by atoms with Gasteiger partial charge in [0.05, 0.1) is 34.4 Å². The van der Waals surface area contributed by atoms with E-state index >= 15 is 0 Å². The molecule has 5 nitrogen and oxygen atoms in total. The number of thiazole rings is 1. The average Bonchev–Trinajstić information content (AvgIpc) is 2.99. The molecule has 0 spiro atoms. The molecular formula is C17H16ClN3O2S. The largest absolute Gasteiger partial charge is 0.449 e. The van der Waals surface area contributed by atoms with Crippen LogP contribution in [0.25, 0.3) is 20.9 Å². The summed E-state index contributed by atoms with van der Waals surface area (Å²) < 4.78 is 6.11. The lowest BCUT2D eigenvalue weighted by atomic mass is 10.3. The van der Waals surface area contributed by atoms with E-state index in [1.807, 2.05) is 31.2 Å². The molecule has 0 aliphatic heterocycles. The van der Waals surface area contributed by atoms with Crippen molar-refractivity contribution < 1.29 is 9.53 Å². The van der Waals surface area contributed by atoms with Crippen LogP contribution in [0.2, 0.25) is 5.02 Å². The fourth-order valence-electron chi connectivity index (χ4n) is 2.07. The Morgan fingerprint density at radius 1 is 1.33 bits per heavy atom. The number of unbranched alkanes of at least 4 members (excludes halogenated alkanes) is 1. The van der Waals surface area contributed by atoms with E-state index in [0.717, 1.165) is 33.8 Å². The van der Waals surface area contributed by atoms with E-state index in [4.69, 9.17) is 16.3 Å². The van der Waals surface area contributed by atoms with E-state index in [9.17, 15) is 4.79 Å². The highest BCUT2D eigenvalue weighted by molar-refractivity contribution is 7.21. The Bertz CT molecular complexity index is 849. The Morgan fingerprint density at radius 3 is 2.96 bits per heavy atom. The van der Waals surface area contributed by atoms with Crippen LogP contribution in [-0.2, 0) is 4.74 Å². The van der Waals surface area contributed by atoms with E-state index in [2.05, 4.69) is 15.3 Å². The van der Waals surface area contributed by atoms with Gasteiger partial charge in [-0.1, -0.05) is 24.9 Å². The number of ether oxygens (including phenoxy) is 1. The van der Waals surface area contributed by atoms with Gasteiger partial charge in [0.1, 0.15) is 5.01 Å². The number of aromatic nitrogens is 2. The van der Waals surface area contributed by atoms with Crippen LogP contribution < -0.4 is 5.32 Å². The number of anilines is 1. The second-order valence-electron chi connectivity index (χ2n) is 5.18. The molecular weight excluding hydrogens is 346 g/mol. The maximum Gasteiger partial charge on any atom is 0.411 e. The number of benzene rings is 1. The third-order valence-electron chi connectivity index (χ3n) is 3.31. The molecule has 1 aromatic carbocycles. The quantitative estimate of drug-likeness (QED) is 0.621. The lowest BCUT2D eigenvalue weighted by Crippen LogP contribution is -2.14. The number of carbonyl (C=O) groups excluding carboxylic acids is 1. The molecule has 0 bridgehead atoms. The van der Waals surface area contributed by atoms with Crippen molar-refractivity contribution in [2.75, 3.05) is 11.9 Å². The van der Waals surface area contributed by atoms with Crippen LogP contribution in [0.5, 0.6) is 0 Å². The van der Waals surface area contributed by atoms with Gasteiger partial charge in [0, 0.05) is 5.02 Å². The van der Waals surface area contributed by atoms with Gasteiger partial charge in [0.25, 0.3) is 0 Å². The maximum absolute atomic E-state index is 11.6. The molecule has 2 heterocycles. The SMILES string of the molecule is CCCCOC(=O)Nc1ccc(-c2nc3cc(Cl)ccc3s2)nc1. The normalized spacial score (nSPS) is 10.8. The predicted octanol–water partition coefficient (Wildman–Crippen LogP) is 5.36. The number of nitrogens with zero attached hydrogens (tertiary/aromatic N) is 2. The van der Waals surface area contributed by atoms with Crippen molar-refractivity contribution in [3.8, 4) is 10.7 Å². The van der Waals surface area contributed by atoms with E-state index in [1.54, 1.807) is 23.6 Å². The highest BCUT2D eigenvalue weighted by Gasteiger charge is 2.09. The summed E-state index contributed by atoms with van der Waals surface area (Å²) in [6, 6.07) is 9.22. The second kappa shape index (κ2) is 7.59. The molecule has 0 aliphatic rings. The highest BCUT2D eigenvalue weighted by Crippen LogP contribution is 2.30. The Labute approximate surface area is 148 Å². The van der Waals surface area contributed by atoms with Crippen LogP contribution in [0, 0.1) is 0 Å². The lowest BCUT2D eigenvalue weighted by molar-refractivity contribution is 0.160. The fourth-order valence-corrected chi connectivity index (χ4v) is 3.16. The molecule has 0 radical (unpaired) electrons. The van der Waals surface area contributed by atoms with E-state index in [0.29, 0.717) is 17.3 Å². The Hall–Kier alpha value is -2.18. The number of halogens is 1. The summed E-state index contributed by atoms with van der Waals surface area (Å²) in [5, 5.41) is 4.13. The predicted molar refractivity (Wildman–Crippen MR) is 97.7 cm³/mol. The molecule has 2 aromatic heterocycles. The van der Waals surface area contributed by atoms with Gasteiger partial charge in [-0.3, -0.25) is 10.3 Å². The molecule has 24 heavy (non-hydrogen) atoms. The minimum absolute atomic E-state index is 0.419. The van der Waals surface area contributed by atoms with Crippen LogP contribution >= 0.6 is 22.9 Å². The van der Waals surface area contributed by atoms with Crippen molar-refractivity contribution in [1.82, 2.24) is 9.97 Å². The Morgan fingerprint density at radius 2 is 2.21 bits per heavy atom. The summed E-state index contributed by atoms with van der Waals surface area (Å²) in [6.07, 6.45) is 2.96. The number of carbonyl (C=O) groups is 1. The number of hydrogen-bond donors (Lipinski definition) is 1. The minimum Gasteiger partial charge on any atom is -0.449 e.